The molecular formula is C22H34N2O5. The molecule has 7 heteroatoms. The van der Waals surface area contributed by atoms with Gasteiger partial charge in [-0.25, -0.2) is 9.59 Å². The quantitative estimate of drug-likeness (QED) is 0.714. The van der Waals surface area contributed by atoms with Crippen LogP contribution in [0.3, 0.4) is 0 Å². The highest BCUT2D eigenvalue weighted by atomic mass is 16.6. The number of benzene rings is 1. The Morgan fingerprint density at radius 1 is 1.07 bits per heavy atom. The van der Waals surface area contributed by atoms with Crippen LogP contribution in [0.25, 0.3) is 0 Å². The van der Waals surface area contributed by atoms with Gasteiger partial charge in [-0.05, 0) is 57.9 Å². The van der Waals surface area contributed by atoms with Gasteiger partial charge >= 0.3 is 12.2 Å². The first-order valence-corrected chi connectivity index (χ1v) is 10.2. The molecule has 1 aromatic carbocycles. The van der Waals surface area contributed by atoms with Gasteiger partial charge in [0.2, 0.25) is 0 Å². The predicted octanol–water partition coefficient (Wildman–Crippen LogP) is 4.01. The summed E-state index contributed by atoms with van der Waals surface area (Å²) in [5, 5.41) is 5.96. The number of nitrogens with one attached hydrogen (secondary N) is 2. The molecule has 29 heavy (non-hydrogen) atoms. The lowest BCUT2D eigenvalue weighted by molar-refractivity contribution is 0.0466. The van der Waals surface area contributed by atoms with Gasteiger partial charge < -0.3 is 24.8 Å². The lowest BCUT2D eigenvalue weighted by Crippen LogP contribution is -2.49. The molecule has 1 fully saturated rings. The highest BCUT2D eigenvalue weighted by Gasteiger charge is 2.33. The van der Waals surface area contributed by atoms with E-state index < -0.39 is 17.8 Å². The van der Waals surface area contributed by atoms with Crippen molar-refractivity contribution < 1.29 is 23.8 Å². The molecule has 2 N–H and O–H groups in total. The average molecular weight is 407 g/mol. The Balaban J connectivity index is 1.85. The molecule has 162 valence electrons. The Kier molecular flexibility index (Phi) is 8.76. The van der Waals surface area contributed by atoms with Gasteiger partial charge in [0.05, 0.1) is 0 Å². The van der Waals surface area contributed by atoms with E-state index in [1.54, 1.807) is 7.11 Å². The fraction of sp³-hybridized carbons (Fsp3) is 0.636. The number of carbonyl (C=O) groups excluding carboxylic acids is 2. The smallest absolute Gasteiger partial charge is 0.407 e. The van der Waals surface area contributed by atoms with Crippen molar-refractivity contribution in [2.75, 3.05) is 13.7 Å². The van der Waals surface area contributed by atoms with Crippen LogP contribution in [0.4, 0.5) is 9.59 Å². The summed E-state index contributed by atoms with van der Waals surface area (Å²) in [5.41, 5.74) is 0.421. The molecule has 0 radical (unpaired) electrons. The number of carbonyl (C=O) groups is 2. The zero-order valence-corrected chi connectivity index (χ0v) is 17.9. The molecule has 0 saturated heterocycles. The van der Waals surface area contributed by atoms with Crippen LogP contribution in [0, 0.1) is 5.92 Å². The molecular weight excluding hydrogens is 372 g/mol. The first kappa shape index (κ1) is 23.0. The summed E-state index contributed by atoms with van der Waals surface area (Å²) in [6.07, 6.45) is 2.27. The number of hydrogen-bond acceptors (Lipinski definition) is 5. The maximum absolute atomic E-state index is 12.3. The van der Waals surface area contributed by atoms with E-state index in [2.05, 4.69) is 10.6 Å². The van der Waals surface area contributed by atoms with E-state index in [-0.39, 0.29) is 24.6 Å². The third kappa shape index (κ3) is 8.73. The topological polar surface area (TPSA) is 85.9 Å². The van der Waals surface area contributed by atoms with E-state index in [4.69, 9.17) is 14.2 Å². The normalized spacial score (nSPS) is 21.9. The van der Waals surface area contributed by atoms with Gasteiger partial charge in [-0.3, -0.25) is 0 Å². The molecule has 2 unspecified atom stereocenters. The van der Waals surface area contributed by atoms with Crippen LogP contribution >= 0.6 is 0 Å². The van der Waals surface area contributed by atoms with Crippen molar-refractivity contribution in [1.82, 2.24) is 10.6 Å². The summed E-state index contributed by atoms with van der Waals surface area (Å²) in [6, 6.07) is 9.60. The SMILES string of the molecule is COCCC1CC(NC(=O)OC(C)(C)C)CC[C@H]1NC(=O)OCc1ccccc1. The molecule has 1 aliphatic rings. The van der Waals surface area contributed by atoms with E-state index in [0.717, 1.165) is 31.2 Å². The minimum atomic E-state index is -0.527. The summed E-state index contributed by atoms with van der Waals surface area (Å²) >= 11 is 0. The Morgan fingerprint density at radius 2 is 1.79 bits per heavy atom. The molecule has 7 nitrogen and oxygen atoms in total. The third-order valence-corrected chi connectivity index (χ3v) is 4.91. The number of ether oxygens (including phenoxy) is 3. The monoisotopic (exact) mass is 406 g/mol. The van der Waals surface area contributed by atoms with Gasteiger partial charge in [0, 0.05) is 25.8 Å². The molecule has 1 aromatic rings. The fourth-order valence-electron chi connectivity index (χ4n) is 3.56. The van der Waals surface area contributed by atoms with Gasteiger partial charge in [0.1, 0.15) is 12.2 Å². The van der Waals surface area contributed by atoms with Crippen LogP contribution in [0.15, 0.2) is 30.3 Å². The molecule has 2 amide bonds. The lowest BCUT2D eigenvalue weighted by Gasteiger charge is -2.36. The van der Waals surface area contributed by atoms with Crippen molar-refractivity contribution in [3.63, 3.8) is 0 Å². The number of methoxy groups -OCH3 is 1. The maximum atomic E-state index is 12.3. The second kappa shape index (κ2) is 11.0. The molecule has 0 aromatic heterocycles. The largest absolute Gasteiger partial charge is 0.445 e. The molecule has 0 aliphatic heterocycles. The minimum absolute atomic E-state index is 0.00916. The van der Waals surface area contributed by atoms with Crippen molar-refractivity contribution in [3.8, 4) is 0 Å². The van der Waals surface area contributed by atoms with Crippen LogP contribution in [-0.2, 0) is 20.8 Å². The first-order valence-electron chi connectivity index (χ1n) is 10.2. The van der Waals surface area contributed by atoms with Gasteiger partial charge in [0.25, 0.3) is 0 Å². The van der Waals surface area contributed by atoms with Crippen LogP contribution in [0.2, 0.25) is 0 Å². The van der Waals surface area contributed by atoms with Crippen molar-refractivity contribution >= 4 is 12.2 Å². The molecule has 1 saturated carbocycles. The average Bonchev–Trinajstić information content (AvgIpc) is 2.65. The summed E-state index contributed by atoms with van der Waals surface area (Å²) < 4.78 is 15.9. The Morgan fingerprint density at radius 3 is 2.45 bits per heavy atom. The van der Waals surface area contributed by atoms with Crippen molar-refractivity contribution in [1.29, 1.82) is 0 Å². The van der Waals surface area contributed by atoms with E-state index in [1.165, 1.54) is 0 Å². The Bertz CT molecular complexity index is 644. The summed E-state index contributed by atoms with van der Waals surface area (Å²) in [7, 11) is 1.66. The Hall–Kier alpha value is -2.28. The van der Waals surface area contributed by atoms with Gasteiger partial charge in [0.15, 0.2) is 0 Å². The van der Waals surface area contributed by atoms with E-state index in [9.17, 15) is 9.59 Å². The molecule has 2 rings (SSSR count). The number of amides is 2. The second-order valence-corrected chi connectivity index (χ2v) is 8.51. The highest BCUT2D eigenvalue weighted by Crippen LogP contribution is 2.28. The minimum Gasteiger partial charge on any atom is -0.445 e. The van der Waals surface area contributed by atoms with Crippen LogP contribution < -0.4 is 10.6 Å². The van der Waals surface area contributed by atoms with E-state index in [0.29, 0.717) is 6.61 Å². The maximum Gasteiger partial charge on any atom is 0.407 e. The zero-order chi connectivity index (χ0) is 21.3. The number of alkyl carbamates (subject to hydrolysis) is 2. The van der Waals surface area contributed by atoms with Crippen molar-refractivity contribution in [2.24, 2.45) is 5.92 Å². The predicted molar refractivity (Wildman–Crippen MR) is 111 cm³/mol. The van der Waals surface area contributed by atoms with Gasteiger partial charge in [-0.1, -0.05) is 30.3 Å². The molecule has 0 heterocycles. The van der Waals surface area contributed by atoms with Crippen molar-refractivity contribution in [3.05, 3.63) is 35.9 Å². The molecule has 0 spiro atoms. The van der Waals surface area contributed by atoms with Crippen LogP contribution in [-0.4, -0.2) is 43.6 Å². The lowest BCUT2D eigenvalue weighted by atomic mass is 9.80. The van der Waals surface area contributed by atoms with Gasteiger partial charge in [-0.2, -0.15) is 0 Å². The second-order valence-electron chi connectivity index (χ2n) is 8.51. The Labute approximate surface area is 173 Å². The zero-order valence-electron chi connectivity index (χ0n) is 17.9. The third-order valence-electron chi connectivity index (χ3n) is 4.91. The summed E-state index contributed by atoms with van der Waals surface area (Å²) in [6.45, 7) is 6.37. The first-order chi connectivity index (χ1) is 13.8. The standard InChI is InChI=1S/C22H34N2O5/c1-22(2,3)29-21(26)23-18-10-11-19(17(14-18)12-13-27-4)24-20(25)28-15-16-8-6-5-7-9-16/h5-9,17-19H,10-15H2,1-4H3,(H,23,26)(H,24,25)/t17?,18?,19-/m1/s1. The number of hydrogen-bond donors (Lipinski definition) is 2. The summed E-state index contributed by atoms with van der Waals surface area (Å²) in [4.78, 5) is 24.3. The van der Waals surface area contributed by atoms with Crippen molar-refractivity contribution in [2.45, 2.75) is 70.7 Å². The molecule has 1 aliphatic carbocycles. The van der Waals surface area contributed by atoms with Crippen LogP contribution in [0.5, 0.6) is 0 Å². The summed E-state index contributed by atoms with van der Waals surface area (Å²) in [5.74, 6) is 0.188. The van der Waals surface area contributed by atoms with E-state index >= 15 is 0 Å². The molecule has 3 atom stereocenters. The van der Waals surface area contributed by atoms with Gasteiger partial charge in [-0.15, -0.1) is 0 Å². The molecule has 0 bridgehead atoms. The number of rotatable bonds is 7. The fourth-order valence-corrected chi connectivity index (χ4v) is 3.56. The van der Waals surface area contributed by atoms with Crippen LogP contribution in [0.1, 0.15) is 52.0 Å². The van der Waals surface area contributed by atoms with E-state index in [1.807, 2.05) is 51.1 Å². The highest BCUT2D eigenvalue weighted by molar-refractivity contribution is 5.68.